The fourth-order valence-corrected chi connectivity index (χ4v) is 1.90. The first-order valence-corrected chi connectivity index (χ1v) is 6.20. The molecule has 1 aromatic carbocycles. The van der Waals surface area contributed by atoms with Gasteiger partial charge < -0.3 is 24.8 Å². The van der Waals surface area contributed by atoms with Crippen LogP contribution in [0.2, 0.25) is 0 Å². The molecule has 1 amide bonds. The Labute approximate surface area is 128 Å². The second kappa shape index (κ2) is 8.02. The number of benzene rings is 1. The van der Waals surface area contributed by atoms with Gasteiger partial charge in [-0.2, -0.15) is 0 Å². The van der Waals surface area contributed by atoms with Crippen LogP contribution in [-0.4, -0.2) is 45.9 Å². The van der Waals surface area contributed by atoms with E-state index < -0.39 is 17.8 Å². The van der Waals surface area contributed by atoms with E-state index in [1.807, 2.05) is 0 Å². The second-order valence-corrected chi connectivity index (χ2v) is 4.24. The lowest BCUT2D eigenvalue weighted by atomic mass is 10.2. The summed E-state index contributed by atoms with van der Waals surface area (Å²) in [5.41, 5.74) is 0.0295. The zero-order chi connectivity index (χ0) is 14.5. The van der Waals surface area contributed by atoms with E-state index in [0.717, 1.165) is 6.07 Å². The maximum atomic E-state index is 13.9. The number of nitrogens with one attached hydrogen (secondary N) is 2. The molecule has 118 valence electrons. The van der Waals surface area contributed by atoms with Gasteiger partial charge in [-0.15, -0.1) is 12.4 Å². The number of halogens is 2. The van der Waals surface area contributed by atoms with E-state index in [-0.39, 0.29) is 23.8 Å². The molecule has 0 radical (unpaired) electrons. The average molecular weight is 321 g/mol. The van der Waals surface area contributed by atoms with Crippen LogP contribution in [0.1, 0.15) is 0 Å². The minimum Gasteiger partial charge on any atom is -0.493 e. The van der Waals surface area contributed by atoms with E-state index in [4.69, 9.17) is 14.2 Å². The lowest BCUT2D eigenvalue weighted by Gasteiger charge is -2.23. The van der Waals surface area contributed by atoms with Crippen molar-refractivity contribution < 1.29 is 23.4 Å². The average Bonchev–Trinajstić information content (AvgIpc) is 2.49. The first kappa shape index (κ1) is 17.5. The van der Waals surface area contributed by atoms with Gasteiger partial charge in [0.15, 0.2) is 17.3 Å². The smallest absolute Gasteiger partial charge is 0.254 e. The molecule has 1 heterocycles. The van der Waals surface area contributed by atoms with Gasteiger partial charge in [0.05, 0.1) is 26.5 Å². The van der Waals surface area contributed by atoms with Gasteiger partial charge in [0.2, 0.25) is 0 Å². The zero-order valence-corrected chi connectivity index (χ0v) is 12.6. The monoisotopic (exact) mass is 320 g/mol. The molecule has 1 aliphatic heterocycles. The molecule has 1 fully saturated rings. The van der Waals surface area contributed by atoms with Crippen molar-refractivity contribution in [2.45, 2.75) is 6.10 Å². The summed E-state index contributed by atoms with van der Waals surface area (Å²) in [4.78, 5) is 12.0. The first-order chi connectivity index (χ1) is 9.65. The summed E-state index contributed by atoms with van der Waals surface area (Å²) in [5.74, 6) is -0.395. The van der Waals surface area contributed by atoms with E-state index in [9.17, 15) is 9.18 Å². The molecular weight excluding hydrogens is 303 g/mol. The number of methoxy groups -OCH3 is 2. The van der Waals surface area contributed by atoms with Crippen molar-refractivity contribution in [2.75, 3.05) is 39.2 Å². The van der Waals surface area contributed by atoms with Crippen LogP contribution in [0.4, 0.5) is 10.1 Å². The minimum atomic E-state index is -0.628. The van der Waals surface area contributed by atoms with E-state index in [2.05, 4.69) is 10.6 Å². The Balaban J connectivity index is 0.00000220. The molecule has 0 saturated carbocycles. The van der Waals surface area contributed by atoms with Crippen molar-refractivity contribution >= 4 is 24.0 Å². The van der Waals surface area contributed by atoms with Gasteiger partial charge in [0, 0.05) is 25.2 Å². The van der Waals surface area contributed by atoms with E-state index in [1.165, 1.54) is 20.3 Å². The van der Waals surface area contributed by atoms with E-state index in [0.29, 0.717) is 25.4 Å². The summed E-state index contributed by atoms with van der Waals surface area (Å²) in [5, 5.41) is 5.52. The highest BCUT2D eigenvalue weighted by atomic mass is 35.5. The number of carbonyl (C=O) groups excluding carboxylic acids is 1. The standard InChI is InChI=1S/C13H17FN2O4.ClH/c1-18-10-5-8(14)9(6-11(10)19-2)16-13(17)12-7-15-3-4-20-12;/h5-6,12,15H,3-4,7H2,1-2H3,(H,16,17);1H. The predicted octanol–water partition coefficient (Wildman–Crippen LogP) is 1.19. The van der Waals surface area contributed by atoms with Crippen LogP contribution < -0.4 is 20.1 Å². The number of amides is 1. The Morgan fingerprint density at radius 1 is 1.38 bits per heavy atom. The largest absolute Gasteiger partial charge is 0.493 e. The third kappa shape index (κ3) is 4.20. The number of carbonyl (C=O) groups is 1. The number of hydrogen-bond donors (Lipinski definition) is 2. The van der Waals surface area contributed by atoms with Crippen molar-refractivity contribution in [2.24, 2.45) is 0 Å². The summed E-state index contributed by atoms with van der Waals surface area (Å²) >= 11 is 0. The van der Waals surface area contributed by atoms with Crippen LogP contribution in [0.15, 0.2) is 12.1 Å². The molecule has 21 heavy (non-hydrogen) atoms. The normalized spacial score (nSPS) is 17.6. The summed E-state index contributed by atoms with van der Waals surface area (Å²) in [6.45, 7) is 1.56. The van der Waals surface area contributed by atoms with Crippen LogP contribution in [0.25, 0.3) is 0 Å². The Hall–Kier alpha value is -1.57. The second-order valence-electron chi connectivity index (χ2n) is 4.24. The summed E-state index contributed by atoms with van der Waals surface area (Å²) in [6, 6.07) is 2.54. The van der Waals surface area contributed by atoms with Crippen molar-refractivity contribution in [1.29, 1.82) is 0 Å². The lowest BCUT2D eigenvalue weighted by molar-refractivity contribution is -0.128. The van der Waals surface area contributed by atoms with Crippen LogP contribution in [0, 0.1) is 5.82 Å². The van der Waals surface area contributed by atoms with Crippen LogP contribution in [0.5, 0.6) is 11.5 Å². The topological polar surface area (TPSA) is 68.8 Å². The van der Waals surface area contributed by atoms with Gasteiger partial charge in [-0.1, -0.05) is 0 Å². The van der Waals surface area contributed by atoms with Gasteiger partial charge >= 0.3 is 0 Å². The molecule has 2 rings (SSSR count). The van der Waals surface area contributed by atoms with Crippen molar-refractivity contribution in [3.8, 4) is 11.5 Å². The molecule has 0 aromatic heterocycles. The molecule has 1 saturated heterocycles. The number of ether oxygens (including phenoxy) is 3. The molecule has 0 bridgehead atoms. The van der Waals surface area contributed by atoms with Gasteiger partial charge in [-0.05, 0) is 0 Å². The third-order valence-corrected chi connectivity index (χ3v) is 2.95. The highest BCUT2D eigenvalue weighted by Crippen LogP contribution is 2.32. The molecule has 0 spiro atoms. The lowest BCUT2D eigenvalue weighted by Crippen LogP contribution is -2.45. The first-order valence-electron chi connectivity index (χ1n) is 6.20. The highest BCUT2D eigenvalue weighted by molar-refractivity contribution is 5.94. The zero-order valence-electron chi connectivity index (χ0n) is 11.8. The van der Waals surface area contributed by atoms with Crippen molar-refractivity contribution in [3.63, 3.8) is 0 Å². The Morgan fingerprint density at radius 3 is 2.62 bits per heavy atom. The molecule has 0 aliphatic carbocycles. The SMILES string of the molecule is COc1cc(F)c(NC(=O)C2CNCCO2)cc1OC.Cl. The highest BCUT2D eigenvalue weighted by Gasteiger charge is 2.23. The van der Waals surface area contributed by atoms with E-state index in [1.54, 1.807) is 0 Å². The molecule has 1 atom stereocenters. The fraction of sp³-hybridized carbons (Fsp3) is 0.462. The van der Waals surface area contributed by atoms with Gasteiger partial charge in [0.25, 0.3) is 5.91 Å². The molecule has 1 aliphatic rings. The third-order valence-electron chi connectivity index (χ3n) is 2.95. The Morgan fingerprint density at radius 2 is 2.05 bits per heavy atom. The predicted molar refractivity (Wildman–Crippen MR) is 78.0 cm³/mol. The van der Waals surface area contributed by atoms with Gasteiger partial charge in [-0.25, -0.2) is 4.39 Å². The van der Waals surface area contributed by atoms with E-state index >= 15 is 0 Å². The molecule has 8 heteroatoms. The van der Waals surface area contributed by atoms with Crippen LogP contribution >= 0.6 is 12.4 Å². The summed E-state index contributed by atoms with van der Waals surface area (Å²) in [6.07, 6.45) is -0.628. The molecular formula is C13H18ClFN2O4. The molecule has 6 nitrogen and oxygen atoms in total. The van der Waals surface area contributed by atoms with Crippen LogP contribution in [-0.2, 0) is 9.53 Å². The van der Waals surface area contributed by atoms with Crippen molar-refractivity contribution in [3.05, 3.63) is 17.9 Å². The molecule has 1 unspecified atom stereocenters. The number of rotatable bonds is 4. The maximum Gasteiger partial charge on any atom is 0.254 e. The quantitative estimate of drug-likeness (QED) is 0.872. The summed E-state index contributed by atoms with van der Waals surface area (Å²) in [7, 11) is 2.85. The Bertz CT molecular complexity index is 495. The number of anilines is 1. The van der Waals surface area contributed by atoms with Crippen LogP contribution in [0.3, 0.4) is 0 Å². The fourth-order valence-electron chi connectivity index (χ4n) is 1.90. The Kier molecular flexibility index (Phi) is 6.67. The summed E-state index contributed by atoms with van der Waals surface area (Å²) < 4.78 is 29.2. The van der Waals surface area contributed by atoms with Gasteiger partial charge in [-0.3, -0.25) is 4.79 Å². The number of hydrogen-bond acceptors (Lipinski definition) is 5. The molecule has 1 aromatic rings. The van der Waals surface area contributed by atoms with Gasteiger partial charge in [0.1, 0.15) is 6.10 Å². The maximum absolute atomic E-state index is 13.9. The molecule has 2 N–H and O–H groups in total. The van der Waals surface area contributed by atoms with Crippen molar-refractivity contribution in [1.82, 2.24) is 5.32 Å². The number of morpholine rings is 1. The minimum absolute atomic E-state index is 0.